The van der Waals surface area contributed by atoms with Crippen molar-refractivity contribution in [1.82, 2.24) is 10.6 Å². The van der Waals surface area contributed by atoms with Gasteiger partial charge in [-0.3, -0.25) is 4.79 Å². The van der Waals surface area contributed by atoms with Gasteiger partial charge in [0.2, 0.25) is 5.91 Å². The lowest BCUT2D eigenvalue weighted by Gasteiger charge is -2.25. The van der Waals surface area contributed by atoms with Crippen molar-refractivity contribution in [2.75, 3.05) is 19.6 Å². The smallest absolute Gasteiger partial charge is 0.220 e. The minimum atomic E-state index is 0.272. The first-order valence-electron chi connectivity index (χ1n) is 6.82. The van der Waals surface area contributed by atoms with Gasteiger partial charge in [-0.1, -0.05) is 6.42 Å². The van der Waals surface area contributed by atoms with E-state index in [1.54, 1.807) is 0 Å². The molecule has 3 nitrogen and oxygen atoms in total. The molecule has 0 aromatic rings. The van der Waals surface area contributed by atoms with Gasteiger partial charge in [0.15, 0.2) is 0 Å². The Hall–Kier alpha value is -0.570. The Balaban J connectivity index is 1.51. The molecule has 2 fully saturated rings. The average Bonchev–Trinajstić information content (AvgIpc) is 2.25. The van der Waals surface area contributed by atoms with Crippen LogP contribution in [0, 0.1) is 11.8 Å². The summed E-state index contributed by atoms with van der Waals surface area (Å²) in [7, 11) is 0. The van der Waals surface area contributed by atoms with Crippen LogP contribution in [0.4, 0.5) is 0 Å². The normalized spacial score (nSPS) is 26.1. The van der Waals surface area contributed by atoms with Crippen LogP contribution in [0.25, 0.3) is 0 Å². The first kappa shape index (κ1) is 11.9. The van der Waals surface area contributed by atoms with Crippen LogP contribution in [-0.2, 0) is 4.79 Å². The largest absolute Gasteiger partial charge is 0.356 e. The van der Waals surface area contributed by atoms with Crippen molar-refractivity contribution >= 4 is 5.91 Å². The number of piperidine rings is 1. The molecule has 2 N–H and O–H groups in total. The van der Waals surface area contributed by atoms with Gasteiger partial charge in [0, 0.05) is 13.0 Å². The first-order valence-corrected chi connectivity index (χ1v) is 6.82. The maximum Gasteiger partial charge on any atom is 0.220 e. The molecule has 1 saturated carbocycles. The van der Waals surface area contributed by atoms with Crippen molar-refractivity contribution in [3.8, 4) is 0 Å². The van der Waals surface area contributed by atoms with Crippen LogP contribution >= 0.6 is 0 Å². The third-order valence-corrected chi connectivity index (χ3v) is 3.97. The highest BCUT2D eigenvalue weighted by molar-refractivity contribution is 5.76. The summed E-state index contributed by atoms with van der Waals surface area (Å²) in [6.07, 6.45) is 8.38. The fraction of sp³-hybridized carbons (Fsp3) is 0.923. The zero-order valence-electron chi connectivity index (χ0n) is 10.1. The van der Waals surface area contributed by atoms with Crippen molar-refractivity contribution < 1.29 is 4.79 Å². The predicted octanol–water partition coefficient (Wildman–Crippen LogP) is 1.68. The fourth-order valence-corrected chi connectivity index (χ4v) is 2.62. The van der Waals surface area contributed by atoms with Crippen molar-refractivity contribution in [2.24, 2.45) is 11.8 Å². The van der Waals surface area contributed by atoms with Crippen LogP contribution in [0.2, 0.25) is 0 Å². The van der Waals surface area contributed by atoms with E-state index in [1.165, 1.54) is 38.6 Å². The zero-order valence-corrected chi connectivity index (χ0v) is 10.1. The molecular formula is C13H24N2O. The molecule has 1 atom stereocenters. The highest BCUT2D eigenvalue weighted by Crippen LogP contribution is 2.29. The monoisotopic (exact) mass is 224 g/mol. The van der Waals surface area contributed by atoms with Crippen LogP contribution in [0.3, 0.4) is 0 Å². The molecule has 1 saturated heterocycles. The number of carbonyl (C=O) groups is 1. The molecule has 3 heteroatoms. The summed E-state index contributed by atoms with van der Waals surface area (Å²) in [5, 5.41) is 6.47. The molecule has 0 aromatic heterocycles. The second-order valence-electron chi connectivity index (χ2n) is 5.35. The highest BCUT2D eigenvalue weighted by Gasteiger charge is 2.20. The molecule has 92 valence electrons. The number of rotatable bonds is 5. The summed E-state index contributed by atoms with van der Waals surface area (Å²) >= 11 is 0. The van der Waals surface area contributed by atoms with Crippen LogP contribution in [0.15, 0.2) is 0 Å². The van der Waals surface area contributed by atoms with E-state index in [-0.39, 0.29) is 5.91 Å². The molecule has 0 spiro atoms. The standard InChI is InChI=1S/C13H24N2O/c16-13(9-11-3-1-4-11)15-8-6-12-5-2-7-14-10-12/h11-12,14H,1-10H2,(H,15,16). The zero-order chi connectivity index (χ0) is 11.2. The van der Waals surface area contributed by atoms with Crippen LogP contribution in [0.5, 0.6) is 0 Å². The molecule has 1 aliphatic carbocycles. The van der Waals surface area contributed by atoms with Crippen LogP contribution < -0.4 is 10.6 Å². The number of hydrogen-bond acceptors (Lipinski definition) is 2. The number of amides is 1. The van der Waals surface area contributed by atoms with Gasteiger partial charge in [-0.15, -0.1) is 0 Å². The second kappa shape index (κ2) is 6.24. The van der Waals surface area contributed by atoms with Gasteiger partial charge in [-0.05, 0) is 57.0 Å². The molecule has 1 unspecified atom stereocenters. The van der Waals surface area contributed by atoms with E-state index in [4.69, 9.17) is 0 Å². The van der Waals surface area contributed by atoms with Crippen molar-refractivity contribution in [1.29, 1.82) is 0 Å². The minimum absolute atomic E-state index is 0.272. The van der Waals surface area contributed by atoms with Crippen molar-refractivity contribution in [3.63, 3.8) is 0 Å². The summed E-state index contributed by atoms with van der Waals surface area (Å²) in [5.74, 6) is 1.74. The highest BCUT2D eigenvalue weighted by atomic mass is 16.1. The second-order valence-corrected chi connectivity index (χ2v) is 5.35. The number of carbonyl (C=O) groups excluding carboxylic acids is 1. The van der Waals surface area contributed by atoms with Crippen molar-refractivity contribution in [2.45, 2.75) is 44.9 Å². The molecule has 1 aliphatic heterocycles. The average molecular weight is 224 g/mol. The van der Waals surface area contributed by atoms with E-state index in [0.29, 0.717) is 5.92 Å². The van der Waals surface area contributed by atoms with Crippen LogP contribution in [0.1, 0.15) is 44.9 Å². The topological polar surface area (TPSA) is 41.1 Å². The lowest BCUT2D eigenvalue weighted by atomic mass is 9.83. The van der Waals surface area contributed by atoms with Gasteiger partial charge in [0.1, 0.15) is 0 Å². The van der Waals surface area contributed by atoms with Gasteiger partial charge in [-0.25, -0.2) is 0 Å². The summed E-state index contributed by atoms with van der Waals surface area (Å²) in [6, 6.07) is 0. The lowest BCUT2D eigenvalue weighted by molar-refractivity contribution is -0.122. The lowest BCUT2D eigenvalue weighted by Crippen LogP contribution is -2.34. The van der Waals surface area contributed by atoms with Crippen molar-refractivity contribution in [3.05, 3.63) is 0 Å². The summed E-state index contributed by atoms with van der Waals surface area (Å²) < 4.78 is 0. The SMILES string of the molecule is O=C(CC1CCC1)NCCC1CCCNC1. The predicted molar refractivity (Wildman–Crippen MR) is 65.2 cm³/mol. The van der Waals surface area contributed by atoms with Crippen LogP contribution in [-0.4, -0.2) is 25.5 Å². The maximum absolute atomic E-state index is 11.6. The quantitative estimate of drug-likeness (QED) is 0.746. The Morgan fingerprint density at radius 1 is 1.19 bits per heavy atom. The van der Waals surface area contributed by atoms with E-state index < -0.39 is 0 Å². The third-order valence-electron chi connectivity index (χ3n) is 3.97. The Morgan fingerprint density at radius 3 is 2.62 bits per heavy atom. The molecule has 0 aromatic carbocycles. The van der Waals surface area contributed by atoms with Gasteiger partial charge < -0.3 is 10.6 Å². The Kier molecular flexibility index (Phi) is 4.64. The van der Waals surface area contributed by atoms with Gasteiger partial charge in [-0.2, -0.15) is 0 Å². The van der Waals surface area contributed by atoms with Gasteiger partial charge in [0.05, 0.1) is 0 Å². The Morgan fingerprint density at radius 2 is 2.00 bits per heavy atom. The van der Waals surface area contributed by atoms with E-state index in [1.807, 2.05) is 0 Å². The van der Waals surface area contributed by atoms with E-state index >= 15 is 0 Å². The summed E-state index contributed by atoms with van der Waals surface area (Å²) in [5.41, 5.74) is 0. The molecule has 16 heavy (non-hydrogen) atoms. The first-order chi connectivity index (χ1) is 7.84. The van der Waals surface area contributed by atoms with E-state index in [0.717, 1.165) is 31.8 Å². The van der Waals surface area contributed by atoms with E-state index in [9.17, 15) is 4.79 Å². The maximum atomic E-state index is 11.6. The van der Waals surface area contributed by atoms with Gasteiger partial charge in [0.25, 0.3) is 0 Å². The third kappa shape index (κ3) is 3.78. The molecule has 0 radical (unpaired) electrons. The number of nitrogens with one attached hydrogen (secondary N) is 2. The molecule has 2 aliphatic rings. The summed E-state index contributed by atoms with van der Waals surface area (Å²) in [4.78, 5) is 11.6. The fourth-order valence-electron chi connectivity index (χ4n) is 2.62. The summed E-state index contributed by atoms with van der Waals surface area (Å²) in [6.45, 7) is 3.18. The molecular weight excluding hydrogens is 200 g/mol. The number of hydrogen-bond donors (Lipinski definition) is 2. The van der Waals surface area contributed by atoms with E-state index in [2.05, 4.69) is 10.6 Å². The Labute approximate surface area is 98.4 Å². The van der Waals surface area contributed by atoms with Gasteiger partial charge >= 0.3 is 0 Å². The minimum Gasteiger partial charge on any atom is -0.356 e. The Bertz CT molecular complexity index is 220. The molecule has 0 bridgehead atoms. The molecule has 1 amide bonds. The molecule has 1 heterocycles. The molecule has 2 rings (SSSR count).